The largest absolute Gasteiger partial charge is 0.496 e. The summed E-state index contributed by atoms with van der Waals surface area (Å²) in [5.74, 6) is 2.58. The van der Waals surface area contributed by atoms with Crippen LogP contribution in [0.15, 0.2) is 17.1 Å². The van der Waals surface area contributed by atoms with Crippen molar-refractivity contribution in [2.45, 2.75) is 59.2 Å². The lowest BCUT2D eigenvalue weighted by molar-refractivity contribution is 0.254. The Labute approximate surface area is 173 Å². The molecule has 29 heavy (non-hydrogen) atoms. The first-order valence-electron chi connectivity index (χ1n) is 10.1. The van der Waals surface area contributed by atoms with Crippen molar-refractivity contribution in [2.24, 2.45) is 12.0 Å². The summed E-state index contributed by atoms with van der Waals surface area (Å²) in [7, 11) is 5.48. The number of nitrogens with zero attached hydrogens (tertiary/aromatic N) is 3. The van der Waals surface area contributed by atoms with E-state index in [0.29, 0.717) is 6.54 Å². The molecule has 158 valence electrons. The molecule has 7 heteroatoms. The van der Waals surface area contributed by atoms with Gasteiger partial charge in [-0.3, -0.25) is 9.67 Å². The lowest BCUT2D eigenvalue weighted by Crippen LogP contribution is -2.42. The highest BCUT2D eigenvalue weighted by Crippen LogP contribution is 2.34. The molecule has 2 N–H and O–H groups in total. The molecule has 0 aliphatic carbocycles. The lowest BCUT2D eigenvalue weighted by Gasteiger charge is -2.19. The average Bonchev–Trinajstić information content (AvgIpc) is 3.16. The Hall–Kier alpha value is -2.70. The van der Waals surface area contributed by atoms with E-state index in [-0.39, 0.29) is 12.1 Å². The Morgan fingerprint density at radius 3 is 2.79 bits per heavy atom. The zero-order valence-corrected chi connectivity index (χ0v) is 18.6. The standard InChI is InChI=1S/C22H33N5O2/c1-13(8-19-15(3)26-27(6)16(19)4)25-22(23-5)24-12-18-11-21-17(9-14(2)29-21)10-20(18)28-7/h10-11,13-14H,8-9,12H2,1-7H3,(H2,23,24,25). The molecule has 2 unspecified atom stereocenters. The number of methoxy groups -OCH3 is 1. The third-order valence-corrected chi connectivity index (χ3v) is 5.52. The van der Waals surface area contributed by atoms with Gasteiger partial charge in [-0.2, -0.15) is 5.10 Å². The van der Waals surface area contributed by atoms with Crippen LogP contribution < -0.4 is 20.1 Å². The molecule has 0 fully saturated rings. The summed E-state index contributed by atoms with van der Waals surface area (Å²) in [6, 6.07) is 4.38. The summed E-state index contributed by atoms with van der Waals surface area (Å²) < 4.78 is 13.4. The van der Waals surface area contributed by atoms with Crippen molar-refractivity contribution in [1.82, 2.24) is 20.4 Å². The van der Waals surface area contributed by atoms with Crippen molar-refractivity contribution >= 4 is 5.96 Å². The molecule has 1 aliphatic rings. The molecule has 0 saturated heterocycles. The molecule has 0 amide bonds. The minimum Gasteiger partial charge on any atom is -0.496 e. The molecule has 2 heterocycles. The van der Waals surface area contributed by atoms with Crippen LogP contribution in [0.3, 0.4) is 0 Å². The molecule has 0 saturated carbocycles. The van der Waals surface area contributed by atoms with Crippen LogP contribution >= 0.6 is 0 Å². The normalized spacial score (nSPS) is 16.9. The number of aryl methyl sites for hydroxylation is 2. The van der Waals surface area contributed by atoms with E-state index in [1.54, 1.807) is 14.2 Å². The van der Waals surface area contributed by atoms with Crippen LogP contribution in [0.25, 0.3) is 0 Å². The third-order valence-electron chi connectivity index (χ3n) is 5.52. The molecule has 3 rings (SSSR count). The molecule has 2 atom stereocenters. The minimum absolute atomic E-state index is 0.215. The van der Waals surface area contributed by atoms with Gasteiger partial charge in [0.05, 0.1) is 12.8 Å². The maximum Gasteiger partial charge on any atom is 0.191 e. The van der Waals surface area contributed by atoms with E-state index in [2.05, 4.69) is 60.6 Å². The third kappa shape index (κ3) is 4.66. The Morgan fingerprint density at radius 2 is 2.17 bits per heavy atom. The number of aliphatic imine (C=N–C) groups is 1. The number of nitrogens with one attached hydrogen (secondary N) is 2. The predicted molar refractivity (Wildman–Crippen MR) is 116 cm³/mol. The summed E-state index contributed by atoms with van der Waals surface area (Å²) >= 11 is 0. The fourth-order valence-electron chi connectivity index (χ4n) is 3.89. The summed E-state index contributed by atoms with van der Waals surface area (Å²) in [6.07, 6.45) is 2.03. The molecule has 1 aromatic heterocycles. The number of rotatable bonds is 6. The van der Waals surface area contributed by atoms with Gasteiger partial charge in [-0.15, -0.1) is 0 Å². The molecule has 2 aromatic rings. The summed E-state index contributed by atoms with van der Waals surface area (Å²) in [4.78, 5) is 4.38. The predicted octanol–water partition coefficient (Wildman–Crippen LogP) is 2.67. The zero-order chi connectivity index (χ0) is 21.1. The zero-order valence-electron chi connectivity index (χ0n) is 18.6. The van der Waals surface area contributed by atoms with Crippen LogP contribution in [-0.2, 0) is 26.4 Å². The second-order valence-corrected chi connectivity index (χ2v) is 7.85. The fourth-order valence-corrected chi connectivity index (χ4v) is 3.89. The molecule has 1 aromatic carbocycles. The quantitative estimate of drug-likeness (QED) is 0.577. The van der Waals surface area contributed by atoms with Gasteiger partial charge in [0.25, 0.3) is 0 Å². The number of guanidine groups is 1. The van der Waals surface area contributed by atoms with E-state index in [9.17, 15) is 0 Å². The van der Waals surface area contributed by atoms with Crippen molar-refractivity contribution in [3.05, 3.63) is 40.2 Å². The van der Waals surface area contributed by atoms with Gasteiger partial charge in [-0.1, -0.05) is 0 Å². The Kier molecular flexibility index (Phi) is 6.35. The van der Waals surface area contributed by atoms with Crippen LogP contribution in [0.1, 0.15) is 41.9 Å². The highest BCUT2D eigenvalue weighted by Gasteiger charge is 2.22. The van der Waals surface area contributed by atoms with Gasteiger partial charge in [0.15, 0.2) is 5.96 Å². The Morgan fingerprint density at radius 1 is 1.41 bits per heavy atom. The molecular formula is C22H33N5O2. The first-order chi connectivity index (χ1) is 13.8. The van der Waals surface area contributed by atoms with Crippen LogP contribution in [0.5, 0.6) is 11.5 Å². The van der Waals surface area contributed by atoms with Crippen LogP contribution in [0.4, 0.5) is 0 Å². The van der Waals surface area contributed by atoms with Crippen LogP contribution in [0.2, 0.25) is 0 Å². The number of fused-ring (bicyclic) bond motifs is 1. The lowest BCUT2D eigenvalue weighted by atomic mass is 10.1. The van der Waals surface area contributed by atoms with E-state index in [1.165, 1.54) is 16.8 Å². The first-order valence-corrected chi connectivity index (χ1v) is 10.1. The number of hydrogen-bond acceptors (Lipinski definition) is 4. The Bertz CT molecular complexity index is 903. The highest BCUT2D eigenvalue weighted by molar-refractivity contribution is 5.80. The maximum atomic E-state index is 5.90. The van der Waals surface area contributed by atoms with Gasteiger partial charge in [0.2, 0.25) is 0 Å². The second-order valence-electron chi connectivity index (χ2n) is 7.85. The van der Waals surface area contributed by atoms with Gasteiger partial charge in [0, 0.05) is 49.9 Å². The van der Waals surface area contributed by atoms with E-state index in [0.717, 1.165) is 41.6 Å². The molecule has 0 radical (unpaired) electrons. The molecule has 0 bridgehead atoms. The number of benzene rings is 1. The van der Waals surface area contributed by atoms with Crippen molar-refractivity contribution in [1.29, 1.82) is 0 Å². The van der Waals surface area contributed by atoms with Crippen molar-refractivity contribution in [3.63, 3.8) is 0 Å². The van der Waals surface area contributed by atoms with Crippen LogP contribution in [0, 0.1) is 13.8 Å². The van der Waals surface area contributed by atoms with Gasteiger partial charge < -0.3 is 20.1 Å². The fraction of sp³-hybridized carbons (Fsp3) is 0.545. The van der Waals surface area contributed by atoms with E-state index in [4.69, 9.17) is 9.47 Å². The number of ether oxygens (including phenoxy) is 2. The van der Waals surface area contributed by atoms with Gasteiger partial charge in [-0.25, -0.2) is 0 Å². The molecular weight excluding hydrogens is 366 g/mol. The maximum absolute atomic E-state index is 5.90. The van der Waals surface area contributed by atoms with E-state index < -0.39 is 0 Å². The van der Waals surface area contributed by atoms with E-state index >= 15 is 0 Å². The van der Waals surface area contributed by atoms with Gasteiger partial charge in [-0.05, 0) is 51.8 Å². The second kappa shape index (κ2) is 8.76. The van der Waals surface area contributed by atoms with Gasteiger partial charge >= 0.3 is 0 Å². The van der Waals surface area contributed by atoms with Gasteiger partial charge in [0.1, 0.15) is 17.6 Å². The molecule has 0 spiro atoms. The SMILES string of the molecule is CN=C(NCc1cc2c(cc1OC)CC(C)O2)NC(C)Cc1c(C)nn(C)c1C. The summed E-state index contributed by atoms with van der Waals surface area (Å²) in [5.41, 5.74) is 5.83. The molecule has 7 nitrogen and oxygen atoms in total. The highest BCUT2D eigenvalue weighted by atomic mass is 16.5. The van der Waals surface area contributed by atoms with Crippen molar-refractivity contribution in [2.75, 3.05) is 14.2 Å². The summed E-state index contributed by atoms with van der Waals surface area (Å²) in [6.45, 7) is 9.02. The number of hydrogen-bond donors (Lipinski definition) is 2. The number of aromatic nitrogens is 2. The topological polar surface area (TPSA) is 72.7 Å². The smallest absolute Gasteiger partial charge is 0.191 e. The average molecular weight is 400 g/mol. The minimum atomic E-state index is 0.215. The monoisotopic (exact) mass is 399 g/mol. The Balaban J connectivity index is 1.63. The van der Waals surface area contributed by atoms with E-state index in [1.807, 2.05) is 11.7 Å². The summed E-state index contributed by atoms with van der Waals surface area (Å²) in [5, 5.41) is 11.4. The first kappa shape index (κ1) is 21.0. The van der Waals surface area contributed by atoms with Crippen molar-refractivity contribution in [3.8, 4) is 11.5 Å². The molecule has 1 aliphatic heterocycles. The van der Waals surface area contributed by atoms with Crippen LogP contribution in [-0.4, -0.2) is 42.0 Å². The van der Waals surface area contributed by atoms with Crippen molar-refractivity contribution < 1.29 is 9.47 Å².